The lowest BCUT2D eigenvalue weighted by molar-refractivity contribution is -0.155. The third-order valence-electron chi connectivity index (χ3n) is 4.16. The highest BCUT2D eigenvalue weighted by Crippen LogP contribution is 2.14. The zero-order chi connectivity index (χ0) is 17.5. The van der Waals surface area contributed by atoms with Crippen LogP contribution < -0.4 is 5.32 Å². The molecule has 2 heterocycles. The summed E-state index contributed by atoms with van der Waals surface area (Å²) in [6.07, 6.45) is 4.17. The van der Waals surface area contributed by atoms with Gasteiger partial charge >= 0.3 is 0 Å². The number of hydrogen-bond acceptors (Lipinski definition) is 4. The molecule has 0 aliphatic carbocycles. The van der Waals surface area contributed by atoms with Crippen molar-refractivity contribution < 1.29 is 14.3 Å². The smallest absolute Gasteiger partial charge is 0.249 e. The first-order valence-electron chi connectivity index (χ1n) is 8.32. The van der Waals surface area contributed by atoms with E-state index in [1.165, 1.54) is 0 Å². The van der Waals surface area contributed by atoms with Gasteiger partial charge in [-0.1, -0.05) is 30.3 Å². The van der Waals surface area contributed by atoms with Gasteiger partial charge in [0.1, 0.15) is 12.6 Å². The lowest BCUT2D eigenvalue weighted by Crippen LogP contribution is -2.56. The van der Waals surface area contributed by atoms with E-state index in [1.807, 2.05) is 42.5 Å². The normalized spacial score (nSPS) is 17.4. The summed E-state index contributed by atoms with van der Waals surface area (Å²) < 4.78 is 5.29. The van der Waals surface area contributed by atoms with Crippen molar-refractivity contribution in [3.8, 4) is 0 Å². The Balaban J connectivity index is 1.59. The predicted octanol–water partition coefficient (Wildman–Crippen LogP) is 1.17. The monoisotopic (exact) mass is 339 g/mol. The molecule has 0 saturated carbocycles. The van der Waals surface area contributed by atoms with Crippen molar-refractivity contribution in [3.05, 3.63) is 66.0 Å². The maximum atomic E-state index is 12.5. The first kappa shape index (κ1) is 17.1. The highest BCUT2D eigenvalue weighted by Gasteiger charge is 2.33. The van der Waals surface area contributed by atoms with Crippen LogP contribution in [0.1, 0.15) is 11.1 Å². The lowest BCUT2D eigenvalue weighted by Gasteiger charge is -2.34. The van der Waals surface area contributed by atoms with Gasteiger partial charge < -0.3 is 15.0 Å². The van der Waals surface area contributed by atoms with Crippen molar-refractivity contribution in [1.29, 1.82) is 0 Å². The SMILES string of the molecule is O=C(NCCc1ccncc1)C1COCC(=O)N1Cc1ccccc1. The van der Waals surface area contributed by atoms with E-state index in [0.717, 1.165) is 11.1 Å². The Kier molecular flexibility index (Phi) is 5.74. The third kappa shape index (κ3) is 4.64. The molecule has 1 saturated heterocycles. The Bertz CT molecular complexity index is 706. The summed E-state index contributed by atoms with van der Waals surface area (Å²) in [5, 5.41) is 2.90. The summed E-state index contributed by atoms with van der Waals surface area (Å²) in [7, 11) is 0. The van der Waals surface area contributed by atoms with Crippen molar-refractivity contribution in [3.63, 3.8) is 0 Å². The molecule has 0 spiro atoms. The zero-order valence-corrected chi connectivity index (χ0v) is 13.9. The Morgan fingerprint density at radius 2 is 1.92 bits per heavy atom. The Hall–Kier alpha value is -2.73. The van der Waals surface area contributed by atoms with Gasteiger partial charge in [0.2, 0.25) is 11.8 Å². The number of pyridine rings is 1. The Morgan fingerprint density at radius 3 is 2.68 bits per heavy atom. The standard InChI is InChI=1S/C19H21N3O3/c23-18-14-25-13-17(22(18)12-16-4-2-1-3-5-16)19(24)21-11-8-15-6-9-20-10-7-15/h1-7,9-10,17H,8,11-14H2,(H,21,24). The van der Waals surface area contributed by atoms with Crippen LogP contribution in [-0.4, -0.2) is 47.5 Å². The molecule has 3 rings (SSSR count). The van der Waals surface area contributed by atoms with Gasteiger partial charge in [-0.15, -0.1) is 0 Å². The highest BCUT2D eigenvalue weighted by atomic mass is 16.5. The summed E-state index contributed by atoms with van der Waals surface area (Å²) in [6, 6.07) is 12.9. The molecule has 6 nitrogen and oxygen atoms in total. The molecule has 1 unspecified atom stereocenters. The lowest BCUT2D eigenvalue weighted by atomic mass is 10.1. The third-order valence-corrected chi connectivity index (χ3v) is 4.16. The Morgan fingerprint density at radius 1 is 1.16 bits per heavy atom. The zero-order valence-electron chi connectivity index (χ0n) is 13.9. The van der Waals surface area contributed by atoms with Crippen LogP contribution in [0.25, 0.3) is 0 Å². The van der Waals surface area contributed by atoms with E-state index < -0.39 is 6.04 Å². The molecule has 2 aromatic rings. The summed E-state index contributed by atoms with van der Waals surface area (Å²) in [4.78, 5) is 30.3. The first-order valence-corrected chi connectivity index (χ1v) is 8.32. The van der Waals surface area contributed by atoms with Crippen molar-refractivity contribution >= 4 is 11.8 Å². The van der Waals surface area contributed by atoms with Gasteiger partial charge in [0.05, 0.1) is 6.61 Å². The second kappa shape index (κ2) is 8.39. The Labute approximate surface area is 146 Å². The van der Waals surface area contributed by atoms with Crippen molar-refractivity contribution in [2.24, 2.45) is 0 Å². The van der Waals surface area contributed by atoms with E-state index in [-0.39, 0.29) is 25.0 Å². The fourth-order valence-electron chi connectivity index (χ4n) is 2.80. The van der Waals surface area contributed by atoms with Crippen LogP contribution in [0.4, 0.5) is 0 Å². The summed E-state index contributed by atoms with van der Waals surface area (Å²) >= 11 is 0. The predicted molar refractivity (Wildman–Crippen MR) is 92.5 cm³/mol. The molecular formula is C19H21N3O3. The molecule has 1 aliphatic rings. The second-order valence-electron chi connectivity index (χ2n) is 5.93. The van der Waals surface area contributed by atoms with Gasteiger partial charge in [-0.25, -0.2) is 0 Å². The number of carbonyl (C=O) groups is 2. The topological polar surface area (TPSA) is 71.5 Å². The van der Waals surface area contributed by atoms with Crippen LogP contribution in [0.5, 0.6) is 0 Å². The van der Waals surface area contributed by atoms with Crippen LogP contribution >= 0.6 is 0 Å². The minimum atomic E-state index is -0.598. The molecule has 6 heteroatoms. The van der Waals surface area contributed by atoms with Gasteiger partial charge in [0, 0.05) is 25.5 Å². The average molecular weight is 339 g/mol. The summed E-state index contributed by atoms with van der Waals surface area (Å²) in [6.45, 7) is 1.16. The minimum absolute atomic E-state index is 0.0215. The molecule has 2 amide bonds. The number of ether oxygens (including phenoxy) is 1. The quantitative estimate of drug-likeness (QED) is 0.857. The maximum Gasteiger partial charge on any atom is 0.249 e. The summed E-state index contributed by atoms with van der Waals surface area (Å²) in [5.41, 5.74) is 2.10. The fraction of sp³-hybridized carbons (Fsp3) is 0.316. The molecule has 1 atom stereocenters. The minimum Gasteiger partial charge on any atom is -0.369 e. The molecule has 25 heavy (non-hydrogen) atoms. The van der Waals surface area contributed by atoms with Gasteiger partial charge in [-0.3, -0.25) is 14.6 Å². The number of aromatic nitrogens is 1. The fourth-order valence-corrected chi connectivity index (χ4v) is 2.80. The first-order chi connectivity index (χ1) is 12.2. The second-order valence-corrected chi connectivity index (χ2v) is 5.93. The number of hydrogen-bond donors (Lipinski definition) is 1. The van der Waals surface area contributed by atoms with Gasteiger partial charge in [0.15, 0.2) is 0 Å². The number of nitrogens with one attached hydrogen (secondary N) is 1. The number of rotatable bonds is 6. The summed E-state index contributed by atoms with van der Waals surface area (Å²) in [5.74, 6) is -0.345. The van der Waals surface area contributed by atoms with Gasteiger partial charge in [-0.2, -0.15) is 0 Å². The van der Waals surface area contributed by atoms with Crippen molar-refractivity contribution in [2.75, 3.05) is 19.8 Å². The molecule has 1 aromatic heterocycles. The number of carbonyl (C=O) groups excluding carboxylic acids is 2. The maximum absolute atomic E-state index is 12.5. The van der Waals surface area contributed by atoms with E-state index >= 15 is 0 Å². The number of benzene rings is 1. The van der Waals surface area contributed by atoms with Crippen LogP contribution in [0.15, 0.2) is 54.9 Å². The molecule has 0 radical (unpaired) electrons. The van der Waals surface area contributed by atoms with Crippen LogP contribution in [-0.2, 0) is 27.3 Å². The van der Waals surface area contributed by atoms with Gasteiger partial charge in [0.25, 0.3) is 0 Å². The van der Waals surface area contributed by atoms with Crippen molar-refractivity contribution in [1.82, 2.24) is 15.2 Å². The average Bonchev–Trinajstić information content (AvgIpc) is 2.65. The number of morpholine rings is 1. The van der Waals surface area contributed by atoms with Crippen LogP contribution in [0.3, 0.4) is 0 Å². The molecule has 1 aliphatic heterocycles. The largest absolute Gasteiger partial charge is 0.369 e. The van der Waals surface area contributed by atoms with E-state index in [2.05, 4.69) is 10.3 Å². The van der Waals surface area contributed by atoms with E-state index in [0.29, 0.717) is 19.5 Å². The van der Waals surface area contributed by atoms with Crippen molar-refractivity contribution in [2.45, 2.75) is 19.0 Å². The van der Waals surface area contributed by atoms with Gasteiger partial charge in [-0.05, 0) is 29.7 Å². The highest BCUT2D eigenvalue weighted by molar-refractivity contribution is 5.89. The molecule has 1 N–H and O–H groups in total. The number of amides is 2. The van der Waals surface area contributed by atoms with Crippen LogP contribution in [0.2, 0.25) is 0 Å². The number of nitrogens with zero attached hydrogens (tertiary/aromatic N) is 2. The molecule has 1 aromatic carbocycles. The molecular weight excluding hydrogens is 318 g/mol. The van der Waals surface area contributed by atoms with E-state index in [4.69, 9.17) is 4.74 Å². The van der Waals surface area contributed by atoms with E-state index in [1.54, 1.807) is 17.3 Å². The molecule has 1 fully saturated rings. The molecule has 130 valence electrons. The van der Waals surface area contributed by atoms with Crippen LogP contribution in [0, 0.1) is 0 Å². The van der Waals surface area contributed by atoms with E-state index in [9.17, 15) is 9.59 Å². The molecule has 0 bridgehead atoms.